The van der Waals surface area contributed by atoms with Gasteiger partial charge in [0, 0.05) is 12.7 Å². The maximum absolute atomic E-state index is 11.4. The lowest BCUT2D eigenvalue weighted by atomic mass is 10.2. The van der Waals surface area contributed by atoms with Crippen molar-refractivity contribution in [2.24, 2.45) is 0 Å². The fraction of sp³-hybridized carbons (Fsp3) is 0.200. The molecule has 1 amide bonds. The molecule has 14 heavy (non-hydrogen) atoms. The van der Waals surface area contributed by atoms with Crippen LogP contribution in [-0.4, -0.2) is 17.4 Å². The zero-order valence-corrected chi connectivity index (χ0v) is 9.25. The first kappa shape index (κ1) is 10.9. The number of halogens is 1. The Hall–Kier alpha value is -1.16. The van der Waals surface area contributed by atoms with Crippen LogP contribution in [0.3, 0.4) is 0 Å². The van der Waals surface area contributed by atoms with Crippen molar-refractivity contribution in [1.82, 2.24) is 10.3 Å². The molecule has 0 bridgehead atoms. The largest absolute Gasteiger partial charge is 0.352 e. The number of aromatic nitrogens is 1. The number of nitrogens with zero attached hydrogens (tertiary/aromatic N) is 1. The number of carbonyl (C=O) groups excluding carboxylic acids is 1. The Bertz CT molecular complexity index is 321. The van der Waals surface area contributed by atoms with Gasteiger partial charge in [-0.3, -0.25) is 4.79 Å². The predicted octanol–water partition coefficient (Wildman–Crippen LogP) is 2.15. The first-order valence-electron chi connectivity index (χ1n) is 4.24. The Balaban J connectivity index is 2.52. The van der Waals surface area contributed by atoms with Crippen LogP contribution < -0.4 is 5.32 Å². The molecule has 3 nitrogen and oxygen atoms in total. The van der Waals surface area contributed by atoms with E-state index in [0.29, 0.717) is 12.1 Å². The van der Waals surface area contributed by atoms with Gasteiger partial charge in [-0.2, -0.15) is 0 Å². The molecule has 4 heteroatoms. The van der Waals surface area contributed by atoms with Crippen LogP contribution in [0.15, 0.2) is 35.6 Å². The van der Waals surface area contributed by atoms with E-state index in [0.717, 1.165) is 11.0 Å². The molecule has 0 radical (unpaired) electrons. The van der Waals surface area contributed by atoms with Gasteiger partial charge in [0.1, 0.15) is 4.60 Å². The number of nitrogens with one attached hydrogen (secondary N) is 1. The fourth-order valence-corrected chi connectivity index (χ4v) is 1.13. The van der Waals surface area contributed by atoms with Crippen LogP contribution in [0.1, 0.15) is 16.8 Å². The molecule has 0 unspecified atom stereocenters. The highest BCUT2D eigenvalue weighted by Crippen LogP contribution is 2.05. The van der Waals surface area contributed by atoms with Crippen molar-refractivity contribution >= 4 is 21.8 Å². The van der Waals surface area contributed by atoms with Gasteiger partial charge in [-0.25, -0.2) is 4.98 Å². The van der Waals surface area contributed by atoms with E-state index in [2.05, 4.69) is 32.8 Å². The summed E-state index contributed by atoms with van der Waals surface area (Å²) in [4.78, 5) is 15.4. The first-order chi connectivity index (χ1) is 6.74. The van der Waals surface area contributed by atoms with Crippen molar-refractivity contribution in [3.8, 4) is 0 Å². The maximum atomic E-state index is 11.4. The highest BCUT2D eigenvalue weighted by Gasteiger charge is 2.03. The quantitative estimate of drug-likeness (QED) is 0.509. The van der Waals surface area contributed by atoms with Gasteiger partial charge in [-0.15, -0.1) is 6.58 Å². The Labute approximate surface area is 91.4 Å². The molecule has 0 spiro atoms. The van der Waals surface area contributed by atoms with Gasteiger partial charge < -0.3 is 5.32 Å². The minimum Gasteiger partial charge on any atom is -0.352 e. The van der Waals surface area contributed by atoms with Crippen LogP contribution in [-0.2, 0) is 0 Å². The molecule has 0 fully saturated rings. The molecule has 0 saturated carbocycles. The topological polar surface area (TPSA) is 42.0 Å². The van der Waals surface area contributed by atoms with Crippen molar-refractivity contribution in [3.63, 3.8) is 0 Å². The van der Waals surface area contributed by atoms with Gasteiger partial charge in [0.25, 0.3) is 5.91 Å². The van der Waals surface area contributed by atoms with E-state index >= 15 is 0 Å². The van der Waals surface area contributed by atoms with Gasteiger partial charge in [-0.05, 0) is 34.5 Å². The molecular weight excluding hydrogens is 244 g/mol. The summed E-state index contributed by atoms with van der Waals surface area (Å²) in [6.45, 7) is 4.18. The molecule has 1 aromatic heterocycles. The van der Waals surface area contributed by atoms with Crippen LogP contribution >= 0.6 is 15.9 Å². The van der Waals surface area contributed by atoms with Crippen LogP contribution in [0.2, 0.25) is 0 Å². The number of hydrogen-bond acceptors (Lipinski definition) is 2. The second-order valence-electron chi connectivity index (χ2n) is 2.70. The summed E-state index contributed by atoms with van der Waals surface area (Å²) >= 11 is 3.20. The predicted molar refractivity (Wildman–Crippen MR) is 59.1 cm³/mol. The van der Waals surface area contributed by atoms with E-state index in [1.54, 1.807) is 18.2 Å². The van der Waals surface area contributed by atoms with Crippen LogP contribution in [0.4, 0.5) is 0 Å². The lowest BCUT2D eigenvalue weighted by Crippen LogP contribution is -2.24. The lowest BCUT2D eigenvalue weighted by molar-refractivity contribution is 0.0954. The molecule has 0 aliphatic carbocycles. The normalized spacial score (nSPS) is 9.50. The molecular formula is C10H11BrN2O. The molecule has 0 aliphatic heterocycles. The van der Waals surface area contributed by atoms with Gasteiger partial charge in [0.2, 0.25) is 0 Å². The van der Waals surface area contributed by atoms with Crippen LogP contribution in [0.25, 0.3) is 0 Å². The van der Waals surface area contributed by atoms with E-state index in [-0.39, 0.29) is 5.91 Å². The van der Waals surface area contributed by atoms with E-state index < -0.39 is 0 Å². The number of hydrogen-bond donors (Lipinski definition) is 1. The van der Waals surface area contributed by atoms with Gasteiger partial charge in [0.15, 0.2) is 0 Å². The van der Waals surface area contributed by atoms with E-state index in [4.69, 9.17) is 0 Å². The van der Waals surface area contributed by atoms with Gasteiger partial charge >= 0.3 is 0 Å². The van der Waals surface area contributed by atoms with Crippen LogP contribution in [0.5, 0.6) is 0 Å². The van der Waals surface area contributed by atoms with E-state index in [9.17, 15) is 4.79 Å². The highest BCUT2D eigenvalue weighted by atomic mass is 79.9. The van der Waals surface area contributed by atoms with E-state index in [1.807, 2.05) is 0 Å². The monoisotopic (exact) mass is 254 g/mol. The first-order valence-corrected chi connectivity index (χ1v) is 5.04. The maximum Gasteiger partial charge on any atom is 0.252 e. The second kappa shape index (κ2) is 5.54. The fourth-order valence-electron chi connectivity index (χ4n) is 0.900. The molecule has 0 aromatic carbocycles. The van der Waals surface area contributed by atoms with Gasteiger partial charge in [0.05, 0.1) is 5.56 Å². The molecule has 0 atom stereocenters. The molecule has 0 saturated heterocycles. The third kappa shape index (κ3) is 3.30. The third-order valence-electron chi connectivity index (χ3n) is 1.62. The van der Waals surface area contributed by atoms with Crippen molar-refractivity contribution in [2.75, 3.05) is 6.54 Å². The highest BCUT2D eigenvalue weighted by molar-refractivity contribution is 9.10. The molecule has 1 N–H and O–H groups in total. The number of amides is 1. The zero-order valence-electron chi connectivity index (χ0n) is 7.66. The second-order valence-corrected chi connectivity index (χ2v) is 3.52. The summed E-state index contributed by atoms with van der Waals surface area (Å²) in [5, 5.41) is 2.75. The average molecular weight is 255 g/mol. The minimum atomic E-state index is -0.105. The van der Waals surface area contributed by atoms with Crippen molar-refractivity contribution in [3.05, 3.63) is 41.2 Å². The Morgan fingerprint density at radius 3 is 3.00 bits per heavy atom. The van der Waals surface area contributed by atoms with Gasteiger partial charge in [-0.1, -0.05) is 6.08 Å². The van der Waals surface area contributed by atoms with E-state index in [1.165, 1.54) is 6.20 Å². The molecule has 1 aromatic rings. The summed E-state index contributed by atoms with van der Waals surface area (Å²) in [7, 11) is 0. The molecule has 74 valence electrons. The summed E-state index contributed by atoms with van der Waals surface area (Å²) in [6, 6.07) is 3.46. The SMILES string of the molecule is C=CCCNC(=O)c1ccc(Br)nc1. The summed E-state index contributed by atoms with van der Waals surface area (Å²) < 4.78 is 0.722. The summed E-state index contributed by atoms with van der Waals surface area (Å²) in [5.41, 5.74) is 0.567. The standard InChI is InChI=1S/C10H11BrN2O/c1-2-3-6-12-10(14)8-4-5-9(11)13-7-8/h2,4-5,7H,1,3,6H2,(H,12,14). The Kier molecular flexibility index (Phi) is 4.32. The Morgan fingerprint density at radius 2 is 2.43 bits per heavy atom. The number of rotatable bonds is 4. The number of pyridine rings is 1. The zero-order chi connectivity index (χ0) is 10.4. The minimum absolute atomic E-state index is 0.105. The number of carbonyl (C=O) groups is 1. The lowest BCUT2D eigenvalue weighted by Gasteiger charge is -2.02. The van der Waals surface area contributed by atoms with Crippen LogP contribution in [0, 0.1) is 0 Å². The third-order valence-corrected chi connectivity index (χ3v) is 2.09. The smallest absolute Gasteiger partial charge is 0.252 e. The van der Waals surface area contributed by atoms with Crippen molar-refractivity contribution in [1.29, 1.82) is 0 Å². The Morgan fingerprint density at radius 1 is 1.64 bits per heavy atom. The molecule has 0 aliphatic rings. The average Bonchev–Trinajstić information content (AvgIpc) is 2.19. The summed E-state index contributed by atoms with van der Waals surface area (Å²) in [6.07, 6.45) is 4.07. The summed E-state index contributed by atoms with van der Waals surface area (Å²) in [5.74, 6) is -0.105. The molecule has 1 rings (SSSR count). The van der Waals surface area contributed by atoms with Crippen molar-refractivity contribution < 1.29 is 4.79 Å². The van der Waals surface area contributed by atoms with Crippen molar-refractivity contribution in [2.45, 2.75) is 6.42 Å². The molecule has 1 heterocycles.